The molecule has 0 aliphatic heterocycles. The summed E-state index contributed by atoms with van der Waals surface area (Å²) in [6.07, 6.45) is 9.07. The van der Waals surface area contributed by atoms with Gasteiger partial charge in [-0.3, -0.25) is 0 Å². The minimum atomic E-state index is -0.528. The van der Waals surface area contributed by atoms with Crippen molar-refractivity contribution in [1.82, 2.24) is 0 Å². The van der Waals surface area contributed by atoms with Crippen molar-refractivity contribution in [3.05, 3.63) is 54.6 Å². The molecule has 0 radical (unpaired) electrons. The van der Waals surface area contributed by atoms with Gasteiger partial charge in [0.15, 0.2) is 0 Å². The molecule has 2 nitrogen and oxygen atoms in total. The molecule has 2 rings (SSSR count). The highest BCUT2D eigenvalue weighted by Crippen LogP contribution is 2.16. The van der Waals surface area contributed by atoms with E-state index in [4.69, 9.17) is 5.73 Å². The summed E-state index contributed by atoms with van der Waals surface area (Å²) in [5.74, 6) is 0. The number of rotatable bonds is 2. The molecule has 0 bridgehead atoms. The summed E-state index contributed by atoms with van der Waals surface area (Å²) in [4.78, 5) is 0. The summed E-state index contributed by atoms with van der Waals surface area (Å²) in [7, 11) is 0. The van der Waals surface area contributed by atoms with E-state index in [2.05, 4.69) is 17.5 Å². The van der Waals surface area contributed by atoms with Crippen LogP contribution in [0.1, 0.15) is 6.42 Å². The number of nitrogens with one attached hydrogen (secondary N) is 1. The van der Waals surface area contributed by atoms with Crippen molar-refractivity contribution in [2.75, 3.05) is 5.32 Å². The predicted octanol–water partition coefficient (Wildman–Crippen LogP) is 2.27. The lowest BCUT2D eigenvalue weighted by atomic mass is 10.0. The van der Waals surface area contributed by atoms with Crippen LogP contribution in [-0.4, -0.2) is 5.66 Å². The second-order valence-corrected chi connectivity index (χ2v) is 3.46. The van der Waals surface area contributed by atoms with E-state index in [9.17, 15) is 0 Å². The normalized spacial score (nSPS) is 18.1. The smallest absolute Gasteiger partial charge is 0.124 e. The monoisotopic (exact) mass is 186 g/mol. The zero-order valence-electron chi connectivity index (χ0n) is 7.98. The lowest BCUT2D eigenvalue weighted by molar-refractivity contribution is 0.740. The SMILES string of the molecule is NC1(Nc2ccccc2)C=CCC=C1. The Bertz CT molecular complexity index is 340. The number of anilines is 1. The molecule has 0 saturated heterocycles. The summed E-state index contributed by atoms with van der Waals surface area (Å²) in [5.41, 5.74) is 6.61. The van der Waals surface area contributed by atoms with Crippen LogP contribution in [0.5, 0.6) is 0 Å². The number of hydrogen-bond donors (Lipinski definition) is 2. The van der Waals surface area contributed by atoms with Crippen LogP contribution in [0, 0.1) is 0 Å². The first-order valence-corrected chi connectivity index (χ1v) is 4.76. The van der Waals surface area contributed by atoms with Gasteiger partial charge in [-0.1, -0.05) is 30.4 Å². The van der Waals surface area contributed by atoms with Crippen LogP contribution >= 0.6 is 0 Å². The molecule has 0 spiro atoms. The second-order valence-electron chi connectivity index (χ2n) is 3.46. The molecule has 1 aromatic carbocycles. The van der Waals surface area contributed by atoms with Gasteiger partial charge in [0.25, 0.3) is 0 Å². The number of allylic oxidation sites excluding steroid dienone is 2. The fraction of sp³-hybridized carbons (Fsp3) is 0.167. The van der Waals surface area contributed by atoms with Gasteiger partial charge < -0.3 is 11.1 Å². The fourth-order valence-corrected chi connectivity index (χ4v) is 1.52. The van der Waals surface area contributed by atoms with Gasteiger partial charge in [0.2, 0.25) is 0 Å². The summed E-state index contributed by atoms with van der Waals surface area (Å²) in [5, 5.41) is 3.26. The van der Waals surface area contributed by atoms with E-state index in [1.807, 2.05) is 42.5 Å². The molecule has 2 heteroatoms. The van der Waals surface area contributed by atoms with Crippen molar-refractivity contribution in [2.24, 2.45) is 5.73 Å². The third-order valence-electron chi connectivity index (χ3n) is 2.19. The summed E-state index contributed by atoms with van der Waals surface area (Å²) < 4.78 is 0. The Kier molecular flexibility index (Phi) is 2.37. The molecular formula is C12H14N2. The second kappa shape index (κ2) is 3.68. The average Bonchev–Trinajstić information content (AvgIpc) is 2.19. The molecule has 0 saturated carbocycles. The Hall–Kier alpha value is -1.54. The Morgan fingerprint density at radius 1 is 1.07 bits per heavy atom. The number of nitrogens with two attached hydrogens (primary N) is 1. The van der Waals surface area contributed by atoms with Crippen molar-refractivity contribution in [3.8, 4) is 0 Å². The quantitative estimate of drug-likeness (QED) is 0.549. The van der Waals surface area contributed by atoms with Gasteiger partial charge in [0, 0.05) is 5.69 Å². The highest BCUT2D eigenvalue weighted by atomic mass is 15.1. The topological polar surface area (TPSA) is 38.0 Å². The predicted molar refractivity (Wildman–Crippen MR) is 59.9 cm³/mol. The molecule has 1 aliphatic carbocycles. The first-order chi connectivity index (χ1) is 6.79. The minimum Gasteiger partial charge on any atom is -0.361 e. The van der Waals surface area contributed by atoms with E-state index in [1.54, 1.807) is 0 Å². The Balaban J connectivity index is 2.14. The van der Waals surface area contributed by atoms with Crippen molar-refractivity contribution < 1.29 is 0 Å². The van der Waals surface area contributed by atoms with Gasteiger partial charge in [-0.05, 0) is 30.7 Å². The molecule has 1 aliphatic rings. The van der Waals surface area contributed by atoms with Crippen molar-refractivity contribution in [3.63, 3.8) is 0 Å². The van der Waals surface area contributed by atoms with Crippen LogP contribution in [-0.2, 0) is 0 Å². The third-order valence-corrected chi connectivity index (χ3v) is 2.19. The maximum Gasteiger partial charge on any atom is 0.124 e. The largest absolute Gasteiger partial charge is 0.361 e. The molecule has 14 heavy (non-hydrogen) atoms. The molecule has 0 amide bonds. The van der Waals surface area contributed by atoms with Crippen LogP contribution in [0.4, 0.5) is 5.69 Å². The van der Waals surface area contributed by atoms with Crippen molar-refractivity contribution in [2.45, 2.75) is 12.1 Å². The molecule has 1 aromatic rings. The minimum absolute atomic E-state index is 0.528. The van der Waals surface area contributed by atoms with Gasteiger partial charge in [-0.25, -0.2) is 0 Å². The fourth-order valence-electron chi connectivity index (χ4n) is 1.52. The van der Waals surface area contributed by atoms with E-state index in [0.29, 0.717) is 0 Å². The first-order valence-electron chi connectivity index (χ1n) is 4.76. The lowest BCUT2D eigenvalue weighted by Gasteiger charge is -2.26. The zero-order valence-corrected chi connectivity index (χ0v) is 7.98. The molecule has 3 N–H and O–H groups in total. The van der Waals surface area contributed by atoms with Crippen LogP contribution in [0.2, 0.25) is 0 Å². The van der Waals surface area contributed by atoms with E-state index in [0.717, 1.165) is 12.1 Å². The molecule has 0 fully saturated rings. The molecule has 0 atom stereocenters. The van der Waals surface area contributed by atoms with Gasteiger partial charge in [0.1, 0.15) is 5.66 Å². The van der Waals surface area contributed by atoms with Gasteiger partial charge >= 0.3 is 0 Å². The standard InChI is InChI=1S/C12H14N2/c13-12(9-5-2-6-10-12)14-11-7-3-1-4-8-11/h1,3-10,14H,2,13H2. The summed E-state index contributed by atoms with van der Waals surface area (Å²) in [6, 6.07) is 9.97. The van der Waals surface area contributed by atoms with Gasteiger partial charge in [-0.15, -0.1) is 0 Å². The molecular weight excluding hydrogens is 172 g/mol. The van der Waals surface area contributed by atoms with Gasteiger partial charge in [-0.2, -0.15) is 0 Å². The number of para-hydroxylation sites is 1. The van der Waals surface area contributed by atoms with E-state index < -0.39 is 5.66 Å². The molecule has 0 unspecified atom stereocenters. The molecule has 0 aromatic heterocycles. The lowest BCUT2D eigenvalue weighted by Crippen LogP contribution is -2.44. The van der Waals surface area contributed by atoms with Crippen LogP contribution in [0.3, 0.4) is 0 Å². The Labute approximate surface area is 84.1 Å². The van der Waals surface area contributed by atoms with E-state index in [1.165, 1.54) is 0 Å². The summed E-state index contributed by atoms with van der Waals surface area (Å²) >= 11 is 0. The van der Waals surface area contributed by atoms with Crippen LogP contribution in [0.15, 0.2) is 54.6 Å². The van der Waals surface area contributed by atoms with E-state index >= 15 is 0 Å². The van der Waals surface area contributed by atoms with Crippen molar-refractivity contribution >= 4 is 5.69 Å². The zero-order chi connectivity index (χ0) is 9.86. The first kappa shape index (κ1) is 9.03. The molecule has 72 valence electrons. The highest BCUT2D eigenvalue weighted by Gasteiger charge is 2.18. The van der Waals surface area contributed by atoms with E-state index in [-0.39, 0.29) is 0 Å². The Morgan fingerprint density at radius 3 is 2.36 bits per heavy atom. The maximum absolute atomic E-state index is 6.11. The number of benzene rings is 1. The maximum atomic E-state index is 6.11. The molecule has 0 heterocycles. The van der Waals surface area contributed by atoms with Crippen LogP contribution < -0.4 is 11.1 Å². The third kappa shape index (κ3) is 2.03. The summed E-state index contributed by atoms with van der Waals surface area (Å²) in [6.45, 7) is 0. The Morgan fingerprint density at radius 2 is 1.71 bits per heavy atom. The van der Waals surface area contributed by atoms with Crippen molar-refractivity contribution in [1.29, 1.82) is 0 Å². The highest BCUT2D eigenvalue weighted by molar-refractivity contribution is 5.48. The van der Waals surface area contributed by atoms with Gasteiger partial charge in [0.05, 0.1) is 0 Å². The van der Waals surface area contributed by atoms with Crippen LogP contribution in [0.25, 0.3) is 0 Å². The average molecular weight is 186 g/mol. The number of hydrogen-bond acceptors (Lipinski definition) is 2.